The van der Waals surface area contributed by atoms with E-state index in [-0.39, 0.29) is 0 Å². The standard InChI is InChI=1S/C15H20ClN/c1-11-7-8-14(16)10-15(11)13(3)17-9-5-4-6-12(17)2/h7-8,10,12H,3-6,9H2,1-2H3. The van der Waals surface area contributed by atoms with Crippen molar-refractivity contribution in [2.45, 2.75) is 39.2 Å². The smallest absolute Gasteiger partial charge is 0.0412 e. The third-order valence-electron chi connectivity index (χ3n) is 3.66. The molecular formula is C15H20ClN. The van der Waals surface area contributed by atoms with Crippen molar-refractivity contribution >= 4 is 17.3 Å². The van der Waals surface area contributed by atoms with Crippen molar-refractivity contribution in [1.29, 1.82) is 0 Å². The molecule has 1 aliphatic rings. The van der Waals surface area contributed by atoms with Crippen LogP contribution < -0.4 is 0 Å². The Morgan fingerprint density at radius 3 is 2.88 bits per heavy atom. The molecule has 0 bridgehead atoms. The van der Waals surface area contributed by atoms with E-state index in [2.05, 4.69) is 31.4 Å². The highest BCUT2D eigenvalue weighted by Gasteiger charge is 2.20. The largest absolute Gasteiger partial charge is 0.369 e. The molecular weight excluding hydrogens is 230 g/mol. The second kappa shape index (κ2) is 5.14. The van der Waals surface area contributed by atoms with Crippen molar-refractivity contribution in [3.63, 3.8) is 0 Å². The molecule has 1 fully saturated rings. The first-order chi connectivity index (χ1) is 8.09. The zero-order valence-electron chi connectivity index (χ0n) is 10.7. The van der Waals surface area contributed by atoms with Crippen LogP contribution in [-0.4, -0.2) is 17.5 Å². The molecule has 1 aromatic carbocycles. The fourth-order valence-electron chi connectivity index (χ4n) is 2.56. The Labute approximate surface area is 109 Å². The highest BCUT2D eigenvalue weighted by molar-refractivity contribution is 6.30. The van der Waals surface area contributed by atoms with Gasteiger partial charge in [-0.3, -0.25) is 0 Å². The Morgan fingerprint density at radius 2 is 2.18 bits per heavy atom. The highest BCUT2D eigenvalue weighted by Crippen LogP contribution is 2.29. The molecule has 2 rings (SSSR count). The van der Waals surface area contributed by atoms with Gasteiger partial charge in [0.05, 0.1) is 0 Å². The van der Waals surface area contributed by atoms with Crippen LogP contribution >= 0.6 is 11.6 Å². The summed E-state index contributed by atoms with van der Waals surface area (Å²) in [4.78, 5) is 2.42. The molecule has 0 saturated carbocycles. The van der Waals surface area contributed by atoms with Crippen molar-refractivity contribution in [2.75, 3.05) is 6.54 Å². The Bertz CT molecular complexity index is 425. The zero-order valence-corrected chi connectivity index (χ0v) is 11.4. The van der Waals surface area contributed by atoms with Gasteiger partial charge in [0.25, 0.3) is 0 Å². The van der Waals surface area contributed by atoms with Gasteiger partial charge in [0.1, 0.15) is 0 Å². The molecule has 0 N–H and O–H groups in total. The van der Waals surface area contributed by atoms with E-state index >= 15 is 0 Å². The number of benzene rings is 1. The molecule has 0 spiro atoms. The third-order valence-corrected chi connectivity index (χ3v) is 3.90. The van der Waals surface area contributed by atoms with Gasteiger partial charge in [0.2, 0.25) is 0 Å². The first-order valence-electron chi connectivity index (χ1n) is 6.31. The number of likely N-dealkylation sites (tertiary alicyclic amines) is 1. The van der Waals surface area contributed by atoms with Gasteiger partial charge in [-0.1, -0.05) is 24.2 Å². The number of nitrogens with zero attached hydrogens (tertiary/aromatic N) is 1. The lowest BCUT2D eigenvalue weighted by Gasteiger charge is -2.37. The molecule has 0 radical (unpaired) electrons. The van der Waals surface area contributed by atoms with E-state index in [9.17, 15) is 0 Å². The zero-order chi connectivity index (χ0) is 12.4. The van der Waals surface area contributed by atoms with E-state index in [0.29, 0.717) is 6.04 Å². The van der Waals surface area contributed by atoms with Crippen LogP contribution in [0.3, 0.4) is 0 Å². The molecule has 1 aliphatic heterocycles. The van der Waals surface area contributed by atoms with Crippen molar-refractivity contribution < 1.29 is 0 Å². The minimum atomic E-state index is 0.592. The minimum Gasteiger partial charge on any atom is -0.369 e. The summed E-state index contributed by atoms with van der Waals surface area (Å²) in [7, 11) is 0. The number of halogens is 1. The second-order valence-electron chi connectivity index (χ2n) is 4.94. The molecule has 0 aromatic heterocycles. The van der Waals surface area contributed by atoms with Gasteiger partial charge in [0, 0.05) is 28.9 Å². The fraction of sp³-hybridized carbons (Fsp3) is 0.467. The van der Waals surface area contributed by atoms with E-state index in [4.69, 9.17) is 11.6 Å². The SMILES string of the molecule is C=C(c1cc(Cl)ccc1C)N1CCCCC1C. The molecule has 0 aliphatic carbocycles. The summed E-state index contributed by atoms with van der Waals surface area (Å²) in [6, 6.07) is 6.63. The summed E-state index contributed by atoms with van der Waals surface area (Å²) in [5.74, 6) is 0. The molecule has 1 heterocycles. The molecule has 1 atom stereocenters. The van der Waals surface area contributed by atoms with Crippen LogP contribution in [0.5, 0.6) is 0 Å². The molecule has 1 aromatic rings. The topological polar surface area (TPSA) is 3.24 Å². The first kappa shape index (κ1) is 12.5. The molecule has 1 nitrogen and oxygen atoms in total. The molecule has 92 valence electrons. The maximum Gasteiger partial charge on any atom is 0.0412 e. The van der Waals surface area contributed by atoms with Crippen LogP contribution in [0, 0.1) is 6.92 Å². The predicted molar refractivity (Wildman–Crippen MR) is 75.2 cm³/mol. The molecule has 1 unspecified atom stereocenters. The monoisotopic (exact) mass is 249 g/mol. The first-order valence-corrected chi connectivity index (χ1v) is 6.69. The number of piperidine rings is 1. The maximum absolute atomic E-state index is 6.08. The van der Waals surface area contributed by atoms with E-state index in [1.807, 2.05) is 12.1 Å². The fourth-order valence-corrected chi connectivity index (χ4v) is 2.73. The van der Waals surface area contributed by atoms with Gasteiger partial charge in [-0.2, -0.15) is 0 Å². The summed E-state index contributed by atoms with van der Waals surface area (Å²) >= 11 is 6.08. The Balaban J connectivity index is 2.26. The van der Waals surface area contributed by atoms with Crippen LogP contribution in [0.15, 0.2) is 24.8 Å². The summed E-state index contributed by atoms with van der Waals surface area (Å²) in [5, 5.41) is 0.788. The van der Waals surface area contributed by atoms with Gasteiger partial charge < -0.3 is 4.90 Å². The van der Waals surface area contributed by atoms with Gasteiger partial charge in [0.15, 0.2) is 0 Å². The average Bonchev–Trinajstić information content (AvgIpc) is 2.32. The van der Waals surface area contributed by atoms with Crippen LogP contribution in [-0.2, 0) is 0 Å². The van der Waals surface area contributed by atoms with Gasteiger partial charge in [-0.25, -0.2) is 0 Å². The van der Waals surface area contributed by atoms with Crippen molar-refractivity contribution in [2.24, 2.45) is 0 Å². The Hall–Kier alpha value is -0.950. The van der Waals surface area contributed by atoms with E-state index in [0.717, 1.165) is 17.3 Å². The normalized spacial score (nSPS) is 20.4. The summed E-state index contributed by atoms with van der Waals surface area (Å²) in [6.45, 7) is 9.78. The molecule has 17 heavy (non-hydrogen) atoms. The summed E-state index contributed by atoms with van der Waals surface area (Å²) in [6.07, 6.45) is 3.86. The third kappa shape index (κ3) is 2.66. The lowest BCUT2D eigenvalue weighted by molar-refractivity contribution is 0.244. The second-order valence-corrected chi connectivity index (χ2v) is 5.38. The van der Waals surface area contributed by atoms with Crippen molar-refractivity contribution in [1.82, 2.24) is 4.90 Å². The maximum atomic E-state index is 6.08. The van der Waals surface area contributed by atoms with Crippen LogP contribution in [0.2, 0.25) is 5.02 Å². The average molecular weight is 250 g/mol. The number of aryl methyl sites for hydroxylation is 1. The van der Waals surface area contributed by atoms with Gasteiger partial charge in [-0.05, 0) is 50.8 Å². The van der Waals surface area contributed by atoms with Crippen LogP contribution in [0.4, 0.5) is 0 Å². The van der Waals surface area contributed by atoms with Crippen molar-refractivity contribution in [3.05, 3.63) is 40.9 Å². The molecule has 0 amide bonds. The van der Waals surface area contributed by atoms with Crippen LogP contribution in [0.1, 0.15) is 37.3 Å². The number of rotatable bonds is 2. The summed E-state index contributed by atoms with van der Waals surface area (Å²) < 4.78 is 0. The Morgan fingerprint density at radius 1 is 1.41 bits per heavy atom. The van der Waals surface area contributed by atoms with Gasteiger partial charge >= 0.3 is 0 Å². The molecule has 2 heteroatoms. The van der Waals surface area contributed by atoms with Gasteiger partial charge in [-0.15, -0.1) is 0 Å². The van der Waals surface area contributed by atoms with Crippen molar-refractivity contribution in [3.8, 4) is 0 Å². The Kier molecular flexibility index (Phi) is 3.78. The quantitative estimate of drug-likeness (QED) is 0.746. The summed E-state index contributed by atoms with van der Waals surface area (Å²) in [5.41, 5.74) is 3.56. The number of hydrogen-bond acceptors (Lipinski definition) is 1. The predicted octanol–water partition coefficient (Wildman–Crippen LogP) is 4.49. The lowest BCUT2D eigenvalue weighted by atomic mass is 9.99. The highest BCUT2D eigenvalue weighted by atomic mass is 35.5. The number of hydrogen-bond donors (Lipinski definition) is 0. The lowest BCUT2D eigenvalue weighted by Crippen LogP contribution is -2.35. The van der Waals surface area contributed by atoms with E-state index in [1.54, 1.807) is 0 Å². The minimum absolute atomic E-state index is 0.592. The van der Waals surface area contributed by atoms with Crippen LogP contribution in [0.25, 0.3) is 5.70 Å². The van der Waals surface area contributed by atoms with E-state index in [1.165, 1.54) is 30.4 Å². The molecule has 1 saturated heterocycles. The van der Waals surface area contributed by atoms with E-state index < -0.39 is 0 Å².